The Morgan fingerprint density at radius 3 is 1.97 bits per heavy atom. The van der Waals surface area contributed by atoms with Crippen molar-refractivity contribution in [2.24, 2.45) is 11.8 Å². The van der Waals surface area contributed by atoms with Gasteiger partial charge in [0, 0.05) is 11.5 Å². The van der Waals surface area contributed by atoms with Gasteiger partial charge in [0.15, 0.2) is 6.29 Å². The van der Waals surface area contributed by atoms with Crippen molar-refractivity contribution < 1.29 is 9.47 Å². The maximum Gasteiger partial charge on any atom is 0.183 e. The number of aryl methyl sites for hydroxylation is 1. The first kappa shape index (κ1) is 22.6. The Hall–Kier alpha value is -1.64. The number of ether oxygens (including phenoxy) is 2. The Morgan fingerprint density at radius 1 is 0.742 bits per heavy atom. The first-order chi connectivity index (χ1) is 15.2. The minimum absolute atomic E-state index is 0.214. The summed E-state index contributed by atoms with van der Waals surface area (Å²) in [4.78, 5) is 0. The molecule has 1 saturated carbocycles. The Labute approximate surface area is 189 Å². The molecule has 4 rings (SSSR count). The molecular weight excluding hydrogens is 380 g/mol. The predicted octanol–water partition coefficient (Wildman–Crippen LogP) is 8.20. The lowest BCUT2D eigenvalue weighted by Crippen LogP contribution is -2.26. The molecule has 0 aromatic heterocycles. The molecule has 0 N–H and O–H groups in total. The van der Waals surface area contributed by atoms with Crippen molar-refractivity contribution >= 4 is 0 Å². The van der Waals surface area contributed by atoms with Gasteiger partial charge in [-0.1, -0.05) is 75.6 Å². The quantitative estimate of drug-likeness (QED) is 0.449. The summed E-state index contributed by atoms with van der Waals surface area (Å²) in [6, 6.07) is 15.9. The summed E-state index contributed by atoms with van der Waals surface area (Å²) < 4.78 is 12.0. The molecule has 1 aliphatic heterocycles. The lowest BCUT2D eigenvalue weighted by atomic mass is 9.77. The summed E-state index contributed by atoms with van der Waals surface area (Å²) in [5, 5.41) is 0. The van der Waals surface area contributed by atoms with Gasteiger partial charge in [-0.15, -0.1) is 0 Å². The summed E-state index contributed by atoms with van der Waals surface area (Å²) >= 11 is 0. The van der Waals surface area contributed by atoms with Crippen molar-refractivity contribution in [3.63, 3.8) is 0 Å². The Morgan fingerprint density at radius 2 is 1.35 bits per heavy atom. The second-order valence-corrected chi connectivity index (χ2v) is 9.86. The lowest BCUT2D eigenvalue weighted by Gasteiger charge is -2.29. The zero-order valence-corrected chi connectivity index (χ0v) is 19.7. The summed E-state index contributed by atoms with van der Waals surface area (Å²) in [6.07, 6.45) is 10.4. The van der Waals surface area contributed by atoms with Gasteiger partial charge in [-0.3, -0.25) is 0 Å². The Bertz CT molecular complexity index is 809. The van der Waals surface area contributed by atoms with Crippen LogP contribution in [0.15, 0.2) is 42.5 Å². The fraction of sp³-hybridized carbons (Fsp3) is 0.586. The molecule has 168 valence electrons. The summed E-state index contributed by atoms with van der Waals surface area (Å²) in [5.74, 6) is 2.26. The van der Waals surface area contributed by atoms with E-state index in [0.717, 1.165) is 30.6 Å². The topological polar surface area (TPSA) is 18.5 Å². The molecule has 2 aromatic rings. The minimum atomic E-state index is -0.214. The maximum atomic E-state index is 5.98. The molecule has 0 atom stereocenters. The van der Waals surface area contributed by atoms with Gasteiger partial charge < -0.3 is 9.47 Å². The van der Waals surface area contributed by atoms with Crippen LogP contribution in [-0.4, -0.2) is 13.2 Å². The largest absolute Gasteiger partial charge is 0.348 e. The molecule has 1 saturated heterocycles. The SMILES string of the molecule is CCCC1COC(c2ccc(-c3ccc([C@H]4CC[C@H](CCC)CC4)cc3C)cc2)OC1. The third-order valence-corrected chi connectivity index (χ3v) is 7.42. The van der Waals surface area contributed by atoms with Crippen LogP contribution in [0.1, 0.15) is 94.1 Å². The fourth-order valence-electron chi connectivity index (χ4n) is 5.59. The van der Waals surface area contributed by atoms with Crippen LogP contribution in [0.3, 0.4) is 0 Å². The van der Waals surface area contributed by atoms with Crippen molar-refractivity contribution in [1.29, 1.82) is 0 Å². The standard InChI is InChI=1S/C29H40O2/c1-4-6-22-8-10-24(11-9-22)27-16-17-28(21(3)18-27)25-12-14-26(15-13-25)29-30-19-23(7-5-2)20-31-29/h12-18,22-24,29H,4-11,19-20H2,1-3H3/t22-,23?,24-,29?. The van der Waals surface area contributed by atoms with Crippen LogP contribution in [-0.2, 0) is 9.47 Å². The van der Waals surface area contributed by atoms with E-state index in [2.05, 4.69) is 63.2 Å². The number of hydrogen-bond donors (Lipinski definition) is 0. The first-order valence-electron chi connectivity index (χ1n) is 12.6. The van der Waals surface area contributed by atoms with E-state index >= 15 is 0 Å². The van der Waals surface area contributed by atoms with E-state index in [-0.39, 0.29) is 6.29 Å². The average molecular weight is 421 g/mol. The highest BCUT2D eigenvalue weighted by Crippen LogP contribution is 2.39. The molecule has 1 heterocycles. The third-order valence-electron chi connectivity index (χ3n) is 7.42. The normalized spacial score (nSPS) is 26.7. The van der Waals surface area contributed by atoms with Gasteiger partial charge in [-0.25, -0.2) is 0 Å². The highest BCUT2D eigenvalue weighted by molar-refractivity contribution is 5.68. The van der Waals surface area contributed by atoms with Gasteiger partial charge in [0.25, 0.3) is 0 Å². The molecule has 2 aromatic carbocycles. The monoisotopic (exact) mass is 420 g/mol. The molecule has 2 heteroatoms. The molecule has 0 amide bonds. The highest BCUT2D eigenvalue weighted by atomic mass is 16.7. The van der Waals surface area contributed by atoms with E-state index in [1.54, 1.807) is 5.56 Å². The van der Waals surface area contributed by atoms with Gasteiger partial charge in [-0.2, -0.15) is 0 Å². The van der Waals surface area contributed by atoms with Crippen LogP contribution < -0.4 is 0 Å². The van der Waals surface area contributed by atoms with E-state index in [4.69, 9.17) is 9.47 Å². The second-order valence-electron chi connectivity index (χ2n) is 9.86. The van der Waals surface area contributed by atoms with E-state index in [1.165, 1.54) is 68.1 Å². The minimum Gasteiger partial charge on any atom is -0.348 e. The third kappa shape index (κ3) is 5.59. The Balaban J connectivity index is 1.39. The van der Waals surface area contributed by atoms with E-state index in [0.29, 0.717) is 5.92 Å². The van der Waals surface area contributed by atoms with Gasteiger partial charge >= 0.3 is 0 Å². The number of hydrogen-bond acceptors (Lipinski definition) is 2. The van der Waals surface area contributed by atoms with Crippen molar-refractivity contribution in [3.05, 3.63) is 59.2 Å². The molecule has 0 bridgehead atoms. The summed E-state index contributed by atoms with van der Waals surface area (Å²) in [5.41, 5.74) is 6.66. The van der Waals surface area contributed by atoms with Gasteiger partial charge in [-0.05, 0) is 73.1 Å². The fourth-order valence-corrected chi connectivity index (χ4v) is 5.59. The molecule has 2 aliphatic rings. The Kier molecular flexibility index (Phi) is 7.85. The van der Waals surface area contributed by atoms with Crippen LogP contribution in [0.4, 0.5) is 0 Å². The van der Waals surface area contributed by atoms with Crippen molar-refractivity contribution in [2.75, 3.05) is 13.2 Å². The molecule has 1 aliphatic carbocycles. The molecule has 0 spiro atoms. The second kappa shape index (κ2) is 10.8. The summed E-state index contributed by atoms with van der Waals surface area (Å²) in [7, 11) is 0. The zero-order chi connectivity index (χ0) is 21.6. The summed E-state index contributed by atoms with van der Waals surface area (Å²) in [6.45, 7) is 8.41. The van der Waals surface area contributed by atoms with Crippen LogP contribution in [0.5, 0.6) is 0 Å². The molecule has 0 unspecified atom stereocenters. The van der Waals surface area contributed by atoms with Gasteiger partial charge in [0.2, 0.25) is 0 Å². The lowest BCUT2D eigenvalue weighted by molar-refractivity contribution is -0.206. The average Bonchev–Trinajstić information content (AvgIpc) is 2.81. The van der Waals surface area contributed by atoms with Crippen LogP contribution in [0.2, 0.25) is 0 Å². The van der Waals surface area contributed by atoms with Gasteiger partial charge in [0.05, 0.1) is 13.2 Å². The van der Waals surface area contributed by atoms with Crippen LogP contribution >= 0.6 is 0 Å². The first-order valence-corrected chi connectivity index (χ1v) is 12.6. The van der Waals surface area contributed by atoms with E-state index in [1.807, 2.05) is 0 Å². The molecule has 31 heavy (non-hydrogen) atoms. The van der Waals surface area contributed by atoms with Crippen LogP contribution in [0, 0.1) is 18.8 Å². The van der Waals surface area contributed by atoms with Gasteiger partial charge in [0.1, 0.15) is 0 Å². The van der Waals surface area contributed by atoms with Crippen LogP contribution in [0.25, 0.3) is 11.1 Å². The number of benzene rings is 2. The van der Waals surface area contributed by atoms with Crippen molar-refractivity contribution in [1.82, 2.24) is 0 Å². The molecule has 2 fully saturated rings. The van der Waals surface area contributed by atoms with Crippen molar-refractivity contribution in [3.8, 4) is 11.1 Å². The maximum absolute atomic E-state index is 5.98. The molecule has 0 radical (unpaired) electrons. The van der Waals surface area contributed by atoms with E-state index in [9.17, 15) is 0 Å². The molecule has 2 nitrogen and oxygen atoms in total. The predicted molar refractivity (Wildman–Crippen MR) is 129 cm³/mol. The zero-order valence-electron chi connectivity index (χ0n) is 19.7. The highest BCUT2D eigenvalue weighted by Gasteiger charge is 2.24. The molecular formula is C29H40O2. The van der Waals surface area contributed by atoms with E-state index < -0.39 is 0 Å². The number of rotatable bonds is 7. The van der Waals surface area contributed by atoms with Crippen molar-refractivity contribution in [2.45, 2.75) is 84.3 Å². The smallest absolute Gasteiger partial charge is 0.183 e.